The smallest absolute Gasteiger partial charge is 0.264 e. The lowest BCUT2D eigenvalue weighted by Crippen LogP contribution is -2.40. The molecule has 0 aliphatic carbocycles. The van der Waals surface area contributed by atoms with E-state index in [-0.39, 0.29) is 17.1 Å². The van der Waals surface area contributed by atoms with Gasteiger partial charge in [0.05, 0.1) is 10.6 Å². The summed E-state index contributed by atoms with van der Waals surface area (Å²) >= 11 is 0. The van der Waals surface area contributed by atoms with Crippen molar-refractivity contribution in [1.29, 1.82) is 0 Å². The molecule has 0 radical (unpaired) electrons. The molecule has 0 saturated carbocycles. The number of benzene rings is 3. The average molecular weight is 416 g/mol. The van der Waals surface area contributed by atoms with Crippen LogP contribution in [0.1, 0.15) is 5.56 Å². The van der Waals surface area contributed by atoms with Crippen molar-refractivity contribution in [3.63, 3.8) is 0 Å². The Bertz CT molecular complexity index is 1090. The summed E-state index contributed by atoms with van der Waals surface area (Å²) in [6.07, 6.45) is 0. The van der Waals surface area contributed by atoms with Crippen molar-refractivity contribution < 1.29 is 22.0 Å². The summed E-state index contributed by atoms with van der Waals surface area (Å²) in [6, 6.07) is 18.2. The van der Waals surface area contributed by atoms with Crippen LogP contribution in [0.15, 0.2) is 83.8 Å². The summed E-state index contributed by atoms with van der Waals surface area (Å²) in [4.78, 5) is 12.4. The van der Waals surface area contributed by atoms with Gasteiger partial charge in [0, 0.05) is 6.54 Å². The van der Waals surface area contributed by atoms with Gasteiger partial charge in [-0.3, -0.25) is 9.10 Å². The van der Waals surface area contributed by atoms with Gasteiger partial charge in [0.15, 0.2) is 0 Å². The zero-order chi connectivity index (χ0) is 20.9. The van der Waals surface area contributed by atoms with Crippen molar-refractivity contribution in [1.82, 2.24) is 5.32 Å². The second-order valence-corrected chi connectivity index (χ2v) is 8.07. The topological polar surface area (TPSA) is 66.5 Å². The van der Waals surface area contributed by atoms with Crippen LogP contribution in [0.2, 0.25) is 0 Å². The minimum Gasteiger partial charge on any atom is -0.350 e. The highest BCUT2D eigenvalue weighted by Gasteiger charge is 2.27. The number of anilines is 1. The molecule has 0 aliphatic rings. The van der Waals surface area contributed by atoms with E-state index < -0.39 is 34.1 Å². The first-order valence-corrected chi connectivity index (χ1v) is 10.1. The normalized spacial score (nSPS) is 11.1. The number of sulfonamides is 1. The van der Waals surface area contributed by atoms with Crippen LogP contribution in [-0.2, 0) is 21.4 Å². The molecule has 3 rings (SSSR count). The van der Waals surface area contributed by atoms with Crippen LogP contribution in [-0.4, -0.2) is 20.9 Å². The molecule has 3 aromatic rings. The van der Waals surface area contributed by atoms with Gasteiger partial charge >= 0.3 is 0 Å². The Morgan fingerprint density at radius 3 is 2.21 bits per heavy atom. The lowest BCUT2D eigenvalue weighted by Gasteiger charge is -2.24. The molecule has 8 heteroatoms. The van der Waals surface area contributed by atoms with Gasteiger partial charge in [-0.15, -0.1) is 0 Å². The molecule has 29 heavy (non-hydrogen) atoms. The Morgan fingerprint density at radius 1 is 0.862 bits per heavy atom. The molecule has 0 heterocycles. The monoisotopic (exact) mass is 416 g/mol. The molecule has 0 fully saturated rings. The third-order valence-corrected chi connectivity index (χ3v) is 5.90. The highest BCUT2D eigenvalue weighted by atomic mass is 32.2. The molecule has 0 aliphatic heterocycles. The number of hydrogen-bond donors (Lipinski definition) is 1. The molecule has 0 bridgehead atoms. The minimum absolute atomic E-state index is 0.00209. The number of halogens is 2. The Labute approximate surface area is 167 Å². The van der Waals surface area contributed by atoms with E-state index in [1.807, 2.05) is 0 Å². The molecule has 0 atom stereocenters. The third kappa shape index (κ3) is 5.17. The first-order valence-electron chi connectivity index (χ1n) is 8.71. The zero-order valence-electron chi connectivity index (χ0n) is 15.3. The minimum atomic E-state index is -4.06. The lowest BCUT2D eigenvalue weighted by atomic mass is 10.2. The van der Waals surface area contributed by atoms with E-state index in [1.165, 1.54) is 42.5 Å². The largest absolute Gasteiger partial charge is 0.350 e. The summed E-state index contributed by atoms with van der Waals surface area (Å²) in [7, 11) is -4.06. The summed E-state index contributed by atoms with van der Waals surface area (Å²) in [5.41, 5.74) is 0.689. The maximum Gasteiger partial charge on any atom is 0.264 e. The van der Waals surface area contributed by atoms with Crippen molar-refractivity contribution in [3.05, 3.63) is 96.1 Å². The second-order valence-electron chi connectivity index (χ2n) is 6.21. The first-order chi connectivity index (χ1) is 13.9. The number of carbonyl (C=O) groups excluding carboxylic acids is 1. The Morgan fingerprint density at radius 2 is 1.55 bits per heavy atom. The standard InChI is InChI=1S/C21H18F2N2O3S/c22-17-9-11-19(12-10-17)25(29(27,28)20-7-2-1-3-8-20)15-21(26)24-14-16-5-4-6-18(23)13-16/h1-13H,14-15H2,(H,24,26). The highest BCUT2D eigenvalue weighted by molar-refractivity contribution is 7.92. The van der Waals surface area contributed by atoms with E-state index in [9.17, 15) is 22.0 Å². The van der Waals surface area contributed by atoms with Gasteiger partial charge in [-0.25, -0.2) is 17.2 Å². The molecular weight excluding hydrogens is 398 g/mol. The van der Waals surface area contributed by atoms with Gasteiger partial charge < -0.3 is 5.32 Å². The van der Waals surface area contributed by atoms with Gasteiger partial charge in [0.1, 0.15) is 18.2 Å². The van der Waals surface area contributed by atoms with Gasteiger partial charge in [-0.05, 0) is 54.1 Å². The van der Waals surface area contributed by atoms with E-state index in [1.54, 1.807) is 24.3 Å². The van der Waals surface area contributed by atoms with Crippen molar-refractivity contribution >= 4 is 21.6 Å². The fraction of sp³-hybridized carbons (Fsp3) is 0.0952. The Kier molecular flexibility index (Phi) is 6.23. The van der Waals surface area contributed by atoms with Crippen LogP contribution in [0.3, 0.4) is 0 Å². The predicted molar refractivity (Wildman–Crippen MR) is 106 cm³/mol. The predicted octanol–water partition coefficient (Wildman–Crippen LogP) is 3.48. The summed E-state index contributed by atoms with van der Waals surface area (Å²) in [6.45, 7) is -0.475. The van der Waals surface area contributed by atoms with E-state index >= 15 is 0 Å². The van der Waals surface area contributed by atoms with Gasteiger partial charge in [0.25, 0.3) is 10.0 Å². The van der Waals surface area contributed by atoms with E-state index in [0.29, 0.717) is 5.56 Å². The molecular formula is C21H18F2N2O3S. The fourth-order valence-electron chi connectivity index (χ4n) is 2.68. The molecule has 0 spiro atoms. The SMILES string of the molecule is O=C(CN(c1ccc(F)cc1)S(=O)(=O)c1ccccc1)NCc1cccc(F)c1. The van der Waals surface area contributed by atoms with Crippen LogP contribution in [0.25, 0.3) is 0 Å². The van der Waals surface area contributed by atoms with Crippen LogP contribution in [0, 0.1) is 11.6 Å². The second kappa shape index (κ2) is 8.83. The van der Waals surface area contributed by atoms with Crippen LogP contribution in [0.5, 0.6) is 0 Å². The van der Waals surface area contributed by atoms with Crippen LogP contribution in [0.4, 0.5) is 14.5 Å². The molecule has 3 aromatic carbocycles. The zero-order valence-corrected chi connectivity index (χ0v) is 16.1. The van der Waals surface area contributed by atoms with Gasteiger partial charge in [0.2, 0.25) is 5.91 Å². The molecule has 1 amide bonds. The molecule has 150 valence electrons. The van der Waals surface area contributed by atoms with E-state index in [0.717, 1.165) is 16.4 Å². The quantitative estimate of drug-likeness (QED) is 0.641. The van der Waals surface area contributed by atoms with Crippen molar-refractivity contribution in [3.8, 4) is 0 Å². The lowest BCUT2D eigenvalue weighted by molar-refractivity contribution is -0.119. The van der Waals surface area contributed by atoms with E-state index in [2.05, 4.69) is 5.32 Å². The number of hydrogen-bond acceptors (Lipinski definition) is 3. The van der Waals surface area contributed by atoms with Gasteiger partial charge in [-0.2, -0.15) is 0 Å². The Balaban J connectivity index is 1.83. The van der Waals surface area contributed by atoms with Crippen molar-refractivity contribution in [2.75, 3.05) is 10.8 Å². The van der Waals surface area contributed by atoms with Crippen LogP contribution >= 0.6 is 0 Å². The van der Waals surface area contributed by atoms with Crippen molar-refractivity contribution in [2.24, 2.45) is 0 Å². The molecule has 5 nitrogen and oxygen atoms in total. The number of carbonyl (C=O) groups is 1. The molecule has 0 aromatic heterocycles. The summed E-state index contributed by atoms with van der Waals surface area (Å²) in [5.74, 6) is -1.55. The van der Waals surface area contributed by atoms with Gasteiger partial charge in [-0.1, -0.05) is 30.3 Å². The Hall–Kier alpha value is -3.26. The third-order valence-electron chi connectivity index (χ3n) is 4.11. The average Bonchev–Trinajstić information content (AvgIpc) is 2.72. The highest BCUT2D eigenvalue weighted by Crippen LogP contribution is 2.23. The van der Waals surface area contributed by atoms with E-state index in [4.69, 9.17) is 0 Å². The number of nitrogens with zero attached hydrogens (tertiary/aromatic N) is 1. The fourth-order valence-corrected chi connectivity index (χ4v) is 4.12. The van der Waals surface area contributed by atoms with Crippen LogP contribution < -0.4 is 9.62 Å². The maximum atomic E-state index is 13.3. The first kappa shape index (κ1) is 20.5. The summed E-state index contributed by atoms with van der Waals surface area (Å²) in [5, 5.41) is 2.58. The summed E-state index contributed by atoms with van der Waals surface area (Å²) < 4.78 is 53.6. The number of rotatable bonds is 7. The molecule has 1 N–H and O–H groups in total. The molecule has 0 unspecified atom stereocenters. The molecule has 0 saturated heterocycles. The number of nitrogens with one attached hydrogen (secondary N) is 1. The maximum absolute atomic E-state index is 13.3. The van der Waals surface area contributed by atoms with Crippen molar-refractivity contribution in [2.45, 2.75) is 11.4 Å². The number of amides is 1.